The Morgan fingerprint density at radius 3 is 1.76 bits per heavy atom. The van der Waals surface area contributed by atoms with Gasteiger partial charge in [0.05, 0.1) is 12.6 Å². The fraction of sp³-hybridized carbons (Fsp3) is 0.125. The van der Waals surface area contributed by atoms with E-state index >= 15 is 0 Å². The maximum atomic E-state index is 12.3. The van der Waals surface area contributed by atoms with Gasteiger partial charge in [-0.05, 0) is 24.3 Å². The van der Waals surface area contributed by atoms with Crippen LogP contribution in [0.4, 0.5) is 11.4 Å². The number of aliphatic carboxylic acids is 1. The molecular formula is C16H14NO4-. The number of carboxylic acids is 1. The smallest absolute Gasteiger partial charge is 0.257 e. The van der Waals surface area contributed by atoms with Crippen LogP contribution in [0.3, 0.4) is 0 Å². The second-order valence-corrected chi connectivity index (χ2v) is 4.27. The Balaban J connectivity index is 2.21. The average Bonchev–Trinajstić information content (AvgIpc) is 2.49. The summed E-state index contributed by atoms with van der Waals surface area (Å²) in [5.41, 5.74) is 1.37. The van der Waals surface area contributed by atoms with Crippen LogP contribution in [0.2, 0.25) is 0 Å². The SMILES string of the molecule is O=C([O-])COCC(=O)N(c1ccccc1)c1ccccc1. The number of nitrogens with zero attached hydrogens (tertiary/aromatic N) is 1. The third kappa shape index (κ3) is 4.15. The molecule has 1 amide bonds. The van der Waals surface area contributed by atoms with Crippen LogP contribution < -0.4 is 10.0 Å². The zero-order valence-corrected chi connectivity index (χ0v) is 11.3. The zero-order valence-electron chi connectivity index (χ0n) is 11.3. The third-order valence-corrected chi connectivity index (χ3v) is 2.72. The Morgan fingerprint density at radius 1 is 0.857 bits per heavy atom. The number of anilines is 2. The van der Waals surface area contributed by atoms with Gasteiger partial charge in [-0.2, -0.15) is 0 Å². The van der Waals surface area contributed by atoms with Crippen molar-refractivity contribution in [1.29, 1.82) is 0 Å². The second-order valence-electron chi connectivity index (χ2n) is 4.27. The van der Waals surface area contributed by atoms with E-state index in [1.165, 1.54) is 4.90 Å². The Morgan fingerprint density at radius 2 is 1.33 bits per heavy atom. The van der Waals surface area contributed by atoms with Crippen LogP contribution >= 0.6 is 0 Å². The monoisotopic (exact) mass is 284 g/mol. The number of hydrogen-bond donors (Lipinski definition) is 0. The van der Waals surface area contributed by atoms with Crippen LogP contribution in [0.1, 0.15) is 0 Å². The molecule has 0 aliphatic carbocycles. The van der Waals surface area contributed by atoms with E-state index in [4.69, 9.17) is 4.74 Å². The number of benzene rings is 2. The highest BCUT2D eigenvalue weighted by atomic mass is 16.5. The highest BCUT2D eigenvalue weighted by Crippen LogP contribution is 2.24. The number of hydrogen-bond acceptors (Lipinski definition) is 4. The molecule has 0 saturated heterocycles. The van der Waals surface area contributed by atoms with Gasteiger partial charge in [-0.15, -0.1) is 0 Å². The average molecular weight is 284 g/mol. The van der Waals surface area contributed by atoms with E-state index in [9.17, 15) is 14.7 Å². The van der Waals surface area contributed by atoms with E-state index in [0.29, 0.717) is 11.4 Å². The number of para-hydroxylation sites is 2. The molecule has 0 saturated carbocycles. The molecule has 0 bridgehead atoms. The van der Waals surface area contributed by atoms with Crippen LogP contribution in [-0.4, -0.2) is 25.1 Å². The Kier molecular flexibility index (Phi) is 5.06. The van der Waals surface area contributed by atoms with Gasteiger partial charge in [-0.25, -0.2) is 0 Å². The lowest BCUT2D eigenvalue weighted by molar-refractivity contribution is -0.309. The van der Waals surface area contributed by atoms with E-state index in [2.05, 4.69) is 0 Å². The fourth-order valence-electron chi connectivity index (χ4n) is 1.88. The van der Waals surface area contributed by atoms with Crippen molar-refractivity contribution in [2.45, 2.75) is 0 Å². The zero-order chi connectivity index (χ0) is 15.1. The lowest BCUT2D eigenvalue weighted by Gasteiger charge is -2.23. The quantitative estimate of drug-likeness (QED) is 0.797. The summed E-state index contributed by atoms with van der Waals surface area (Å²) < 4.78 is 4.83. The molecule has 0 spiro atoms. The molecule has 2 aromatic carbocycles. The molecule has 2 rings (SSSR count). The van der Waals surface area contributed by atoms with E-state index in [-0.39, 0.29) is 12.5 Å². The van der Waals surface area contributed by atoms with Crippen LogP contribution in [0.25, 0.3) is 0 Å². The van der Waals surface area contributed by atoms with E-state index in [0.717, 1.165) is 0 Å². The van der Waals surface area contributed by atoms with Gasteiger partial charge in [-0.1, -0.05) is 36.4 Å². The van der Waals surface area contributed by atoms with E-state index in [1.807, 2.05) is 36.4 Å². The number of carbonyl (C=O) groups excluding carboxylic acids is 2. The molecule has 0 atom stereocenters. The van der Waals surface area contributed by atoms with Crippen molar-refractivity contribution >= 4 is 23.3 Å². The summed E-state index contributed by atoms with van der Waals surface area (Å²) in [7, 11) is 0. The van der Waals surface area contributed by atoms with Crippen molar-refractivity contribution in [2.24, 2.45) is 0 Å². The highest BCUT2D eigenvalue weighted by Gasteiger charge is 2.17. The number of carboxylic acid groups (broad SMARTS) is 1. The standard InChI is InChI=1S/C16H15NO4/c18-15(11-21-12-16(19)20)17(13-7-3-1-4-8-13)14-9-5-2-6-10-14/h1-10H,11-12H2,(H,19,20)/p-1. The lowest BCUT2D eigenvalue weighted by atomic mass is 10.2. The predicted octanol–water partition coefficient (Wildman–Crippen LogP) is 1.12. The Labute approximate surface area is 122 Å². The molecule has 5 nitrogen and oxygen atoms in total. The summed E-state index contributed by atoms with van der Waals surface area (Å²) in [6.07, 6.45) is 0. The maximum absolute atomic E-state index is 12.3. The first-order chi connectivity index (χ1) is 10.2. The highest BCUT2D eigenvalue weighted by molar-refractivity contribution is 6.01. The summed E-state index contributed by atoms with van der Waals surface area (Å²) in [5, 5.41) is 10.3. The Bertz CT molecular complexity index is 559. The summed E-state index contributed by atoms with van der Waals surface area (Å²) in [6, 6.07) is 18.2. The minimum absolute atomic E-state index is 0.336. The molecule has 2 aromatic rings. The van der Waals surface area contributed by atoms with Gasteiger partial charge in [0.1, 0.15) is 6.61 Å². The van der Waals surface area contributed by atoms with Crippen molar-refractivity contribution in [1.82, 2.24) is 0 Å². The Hall–Kier alpha value is -2.66. The first-order valence-electron chi connectivity index (χ1n) is 6.39. The van der Waals surface area contributed by atoms with Gasteiger partial charge in [0.25, 0.3) is 5.91 Å². The minimum atomic E-state index is -1.35. The predicted molar refractivity (Wildman–Crippen MR) is 75.9 cm³/mol. The molecule has 21 heavy (non-hydrogen) atoms. The first kappa shape index (κ1) is 14.7. The lowest BCUT2D eigenvalue weighted by Crippen LogP contribution is -2.33. The molecule has 0 aromatic heterocycles. The van der Waals surface area contributed by atoms with Crippen LogP contribution in [-0.2, 0) is 14.3 Å². The van der Waals surface area contributed by atoms with E-state index in [1.54, 1.807) is 24.3 Å². The third-order valence-electron chi connectivity index (χ3n) is 2.72. The van der Waals surface area contributed by atoms with Gasteiger partial charge in [0.2, 0.25) is 0 Å². The van der Waals surface area contributed by atoms with Crippen LogP contribution in [0.15, 0.2) is 60.7 Å². The summed E-state index contributed by atoms with van der Waals surface area (Å²) in [5.74, 6) is -1.71. The molecule has 5 heteroatoms. The van der Waals surface area contributed by atoms with Crippen molar-refractivity contribution < 1.29 is 19.4 Å². The molecule has 0 unspecified atom stereocenters. The van der Waals surface area contributed by atoms with Crippen molar-refractivity contribution in [3.63, 3.8) is 0 Å². The van der Waals surface area contributed by atoms with Gasteiger partial charge in [-0.3, -0.25) is 9.69 Å². The number of ether oxygens (including phenoxy) is 1. The van der Waals surface area contributed by atoms with Gasteiger partial charge < -0.3 is 14.6 Å². The van der Waals surface area contributed by atoms with Gasteiger partial charge in [0.15, 0.2) is 0 Å². The first-order valence-corrected chi connectivity index (χ1v) is 6.39. The number of amides is 1. The topological polar surface area (TPSA) is 69.7 Å². The summed E-state index contributed by atoms with van der Waals surface area (Å²) in [6.45, 7) is -0.944. The molecule has 0 aliphatic rings. The van der Waals surface area contributed by atoms with E-state index < -0.39 is 12.6 Å². The van der Waals surface area contributed by atoms with Crippen molar-refractivity contribution in [2.75, 3.05) is 18.1 Å². The fourth-order valence-corrected chi connectivity index (χ4v) is 1.88. The largest absolute Gasteiger partial charge is 0.548 e. The molecule has 0 radical (unpaired) electrons. The van der Waals surface area contributed by atoms with Crippen molar-refractivity contribution in [3.8, 4) is 0 Å². The molecule has 0 fully saturated rings. The number of rotatable bonds is 6. The summed E-state index contributed by atoms with van der Waals surface area (Å²) in [4.78, 5) is 24.1. The second kappa shape index (κ2) is 7.21. The minimum Gasteiger partial charge on any atom is -0.548 e. The molecular weight excluding hydrogens is 270 g/mol. The normalized spacial score (nSPS) is 10.1. The van der Waals surface area contributed by atoms with Crippen molar-refractivity contribution in [3.05, 3.63) is 60.7 Å². The maximum Gasteiger partial charge on any atom is 0.257 e. The van der Waals surface area contributed by atoms with Crippen LogP contribution in [0.5, 0.6) is 0 Å². The molecule has 0 heterocycles. The molecule has 108 valence electrons. The molecule has 0 aliphatic heterocycles. The number of carbonyl (C=O) groups is 2. The van der Waals surface area contributed by atoms with Crippen LogP contribution in [0, 0.1) is 0 Å². The van der Waals surface area contributed by atoms with Gasteiger partial charge >= 0.3 is 0 Å². The van der Waals surface area contributed by atoms with Gasteiger partial charge in [0, 0.05) is 11.4 Å². The summed E-state index contributed by atoms with van der Waals surface area (Å²) >= 11 is 0. The molecule has 0 N–H and O–H groups in total.